The van der Waals surface area contributed by atoms with Crippen molar-refractivity contribution in [1.29, 1.82) is 0 Å². The molecule has 0 spiro atoms. The van der Waals surface area contributed by atoms with E-state index in [1.54, 1.807) is 0 Å². The van der Waals surface area contributed by atoms with Crippen LogP contribution >= 0.6 is 24.0 Å². The molecule has 3 rings (SSSR count). The summed E-state index contributed by atoms with van der Waals surface area (Å²) in [7, 11) is 0. The molecule has 7 heteroatoms. The maximum atomic E-state index is 6.01. The molecule has 0 saturated carbocycles. The van der Waals surface area contributed by atoms with Crippen LogP contribution in [0.5, 0.6) is 5.75 Å². The van der Waals surface area contributed by atoms with Gasteiger partial charge < -0.3 is 20.3 Å². The summed E-state index contributed by atoms with van der Waals surface area (Å²) in [6, 6.07) is 10.0. The normalized spacial score (nSPS) is 17.0. The lowest BCUT2D eigenvalue weighted by atomic mass is 10.0. The predicted octanol–water partition coefficient (Wildman–Crippen LogP) is 3.34. The molecule has 1 unspecified atom stereocenters. The van der Waals surface area contributed by atoms with Crippen molar-refractivity contribution in [3.8, 4) is 5.75 Å². The predicted molar refractivity (Wildman–Crippen MR) is 104 cm³/mol. The van der Waals surface area contributed by atoms with E-state index in [-0.39, 0.29) is 30.0 Å². The van der Waals surface area contributed by atoms with Crippen LogP contribution in [0.25, 0.3) is 0 Å². The summed E-state index contributed by atoms with van der Waals surface area (Å²) in [6.07, 6.45) is 0.854. The highest BCUT2D eigenvalue weighted by Gasteiger charge is 2.21. The SMILES string of the molecule is CC(C)c1cc(CN=C(N)NC2CCOc3ccccc32)on1.I. The van der Waals surface area contributed by atoms with Crippen LogP contribution < -0.4 is 15.8 Å². The van der Waals surface area contributed by atoms with E-state index in [0.29, 0.717) is 30.8 Å². The second kappa shape index (κ2) is 8.36. The number of guanidine groups is 1. The Hall–Kier alpha value is -1.77. The Balaban J connectivity index is 0.00000208. The molecule has 1 aliphatic rings. The highest BCUT2D eigenvalue weighted by atomic mass is 127. The summed E-state index contributed by atoms with van der Waals surface area (Å²) in [5.74, 6) is 2.35. The van der Waals surface area contributed by atoms with Gasteiger partial charge in [0.25, 0.3) is 0 Å². The molecule has 1 aliphatic heterocycles. The first-order valence-corrected chi connectivity index (χ1v) is 7.87. The highest BCUT2D eigenvalue weighted by molar-refractivity contribution is 14.0. The smallest absolute Gasteiger partial charge is 0.189 e. The fourth-order valence-corrected chi connectivity index (χ4v) is 2.55. The van der Waals surface area contributed by atoms with Crippen LogP contribution in [0.1, 0.15) is 49.2 Å². The minimum Gasteiger partial charge on any atom is -0.493 e. The maximum Gasteiger partial charge on any atom is 0.189 e. The summed E-state index contributed by atoms with van der Waals surface area (Å²) < 4.78 is 10.9. The molecule has 1 aromatic carbocycles. The van der Waals surface area contributed by atoms with Crippen molar-refractivity contribution in [1.82, 2.24) is 10.5 Å². The highest BCUT2D eigenvalue weighted by Crippen LogP contribution is 2.31. The van der Waals surface area contributed by atoms with Gasteiger partial charge in [0, 0.05) is 18.1 Å². The number of rotatable bonds is 4. The van der Waals surface area contributed by atoms with E-state index in [1.807, 2.05) is 30.3 Å². The molecule has 24 heavy (non-hydrogen) atoms. The van der Waals surface area contributed by atoms with Gasteiger partial charge in [-0.2, -0.15) is 0 Å². The second-order valence-electron chi connectivity index (χ2n) is 5.95. The molecule has 0 aliphatic carbocycles. The van der Waals surface area contributed by atoms with E-state index in [4.69, 9.17) is 15.0 Å². The van der Waals surface area contributed by atoms with Crippen LogP contribution in [0.2, 0.25) is 0 Å². The standard InChI is InChI=1S/C17H22N4O2.HI/c1-11(2)15-9-12(23-21-15)10-19-17(18)20-14-7-8-22-16-6-4-3-5-13(14)16;/h3-6,9,11,14H,7-8,10H2,1-2H3,(H3,18,19,20);1H. The Morgan fingerprint density at radius 1 is 1.42 bits per heavy atom. The number of aliphatic imine (C=N–C) groups is 1. The molecule has 3 N–H and O–H groups in total. The van der Waals surface area contributed by atoms with Gasteiger partial charge in [0.05, 0.1) is 18.3 Å². The van der Waals surface area contributed by atoms with E-state index in [9.17, 15) is 0 Å². The zero-order chi connectivity index (χ0) is 16.2. The van der Waals surface area contributed by atoms with E-state index in [1.165, 1.54) is 0 Å². The lowest BCUT2D eigenvalue weighted by molar-refractivity contribution is 0.262. The third kappa shape index (κ3) is 4.40. The van der Waals surface area contributed by atoms with Gasteiger partial charge in [0.1, 0.15) is 12.3 Å². The number of aromatic nitrogens is 1. The fourth-order valence-electron chi connectivity index (χ4n) is 2.55. The van der Waals surface area contributed by atoms with Crippen molar-refractivity contribution in [2.45, 2.75) is 38.8 Å². The number of fused-ring (bicyclic) bond motifs is 1. The van der Waals surface area contributed by atoms with Crippen LogP contribution in [0.3, 0.4) is 0 Å². The summed E-state index contributed by atoms with van der Waals surface area (Å²) >= 11 is 0. The van der Waals surface area contributed by atoms with Gasteiger partial charge in [-0.05, 0) is 12.0 Å². The molecule has 0 bridgehead atoms. The monoisotopic (exact) mass is 442 g/mol. The zero-order valence-corrected chi connectivity index (χ0v) is 16.2. The van der Waals surface area contributed by atoms with Crippen molar-refractivity contribution >= 4 is 29.9 Å². The van der Waals surface area contributed by atoms with Gasteiger partial charge in [-0.1, -0.05) is 37.2 Å². The average molecular weight is 442 g/mol. The van der Waals surface area contributed by atoms with Crippen molar-refractivity contribution < 1.29 is 9.26 Å². The zero-order valence-electron chi connectivity index (χ0n) is 13.9. The van der Waals surface area contributed by atoms with Crippen LogP contribution in [0.15, 0.2) is 39.8 Å². The van der Waals surface area contributed by atoms with Crippen LogP contribution in [0.4, 0.5) is 0 Å². The minimum absolute atomic E-state index is 0. The molecule has 1 aromatic heterocycles. The molecule has 0 amide bonds. The molecule has 0 radical (unpaired) electrons. The number of hydrogen-bond donors (Lipinski definition) is 2. The minimum atomic E-state index is 0. The van der Waals surface area contributed by atoms with Gasteiger partial charge in [0.15, 0.2) is 11.7 Å². The molecular formula is C17H23IN4O2. The topological polar surface area (TPSA) is 85.7 Å². The number of benzene rings is 1. The van der Waals surface area contributed by atoms with Crippen molar-refractivity contribution in [2.75, 3.05) is 6.61 Å². The van der Waals surface area contributed by atoms with E-state index in [0.717, 1.165) is 23.4 Å². The molecule has 130 valence electrons. The molecule has 6 nitrogen and oxygen atoms in total. The van der Waals surface area contributed by atoms with Gasteiger partial charge in [0.2, 0.25) is 0 Å². The van der Waals surface area contributed by atoms with E-state index < -0.39 is 0 Å². The summed E-state index contributed by atoms with van der Waals surface area (Å²) in [4.78, 5) is 4.34. The molecule has 0 saturated heterocycles. The Morgan fingerprint density at radius 3 is 2.96 bits per heavy atom. The van der Waals surface area contributed by atoms with Crippen molar-refractivity contribution in [3.05, 3.63) is 47.3 Å². The van der Waals surface area contributed by atoms with Gasteiger partial charge in [-0.3, -0.25) is 0 Å². The van der Waals surface area contributed by atoms with Gasteiger partial charge in [-0.15, -0.1) is 24.0 Å². The van der Waals surface area contributed by atoms with Crippen LogP contribution in [-0.2, 0) is 6.54 Å². The molecule has 2 aromatic rings. The second-order valence-corrected chi connectivity index (χ2v) is 5.95. The number of hydrogen-bond acceptors (Lipinski definition) is 4. The summed E-state index contributed by atoms with van der Waals surface area (Å²) in [6.45, 7) is 5.19. The first kappa shape index (κ1) is 18.6. The van der Waals surface area contributed by atoms with Gasteiger partial charge >= 0.3 is 0 Å². The van der Waals surface area contributed by atoms with Crippen molar-refractivity contribution in [3.63, 3.8) is 0 Å². The lowest BCUT2D eigenvalue weighted by Crippen LogP contribution is -2.37. The van der Waals surface area contributed by atoms with Crippen LogP contribution in [-0.4, -0.2) is 17.7 Å². The maximum absolute atomic E-state index is 6.01. The average Bonchev–Trinajstić information content (AvgIpc) is 3.03. The third-order valence-electron chi connectivity index (χ3n) is 3.85. The van der Waals surface area contributed by atoms with E-state index in [2.05, 4.69) is 29.3 Å². The number of nitrogens with one attached hydrogen (secondary N) is 1. The molecule has 0 fully saturated rings. The number of para-hydroxylation sites is 1. The van der Waals surface area contributed by atoms with Crippen LogP contribution in [0, 0.1) is 0 Å². The molecule has 2 heterocycles. The number of halogens is 1. The van der Waals surface area contributed by atoms with E-state index >= 15 is 0 Å². The first-order chi connectivity index (χ1) is 11.1. The summed E-state index contributed by atoms with van der Waals surface area (Å²) in [5, 5.41) is 7.28. The Bertz CT molecular complexity index is 699. The molecular weight excluding hydrogens is 419 g/mol. The van der Waals surface area contributed by atoms with Crippen molar-refractivity contribution in [2.24, 2.45) is 10.7 Å². The Kier molecular flexibility index (Phi) is 6.47. The number of ether oxygens (including phenoxy) is 1. The Labute approximate surface area is 158 Å². The first-order valence-electron chi connectivity index (χ1n) is 7.87. The largest absolute Gasteiger partial charge is 0.493 e. The Morgan fingerprint density at radius 2 is 2.21 bits per heavy atom. The molecule has 1 atom stereocenters. The fraction of sp³-hybridized carbons (Fsp3) is 0.412. The number of nitrogens with zero attached hydrogens (tertiary/aromatic N) is 2. The summed E-state index contributed by atoms with van der Waals surface area (Å²) in [5.41, 5.74) is 8.05. The quantitative estimate of drug-likeness (QED) is 0.431. The number of nitrogens with two attached hydrogens (primary N) is 1. The van der Waals surface area contributed by atoms with Gasteiger partial charge in [-0.25, -0.2) is 4.99 Å². The lowest BCUT2D eigenvalue weighted by Gasteiger charge is -2.26. The third-order valence-corrected chi connectivity index (χ3v) is 3.85.